The van der Waals surface area contributed by atoms with Gasteiger partial charge < -0.3 is 10.2 Å². The molecule has 0 aromatic carbocycles. The van der Waals surface area contributed by atoms with E-state index in [0.717, 1.165) is 18.4 Å². The van der Waals surface area contributed by atoms with Gasteiger partial charge in [-0.05, 0) is 45.4 Å². The minimum Gasteiger partial charge on any atom is -0.319 e. The summed E-state index contributed by atoms with van der Waals surface area (Å²) in [6, 6.07) is 0. The van der Waals surface area contributed by atoms with Gasteiger partial charge in [-0.25, -0.2) is 0 Å². The Morgan fingerprint density at radius 3 is 2.36 bits per heavy atom. The molecule has 0 fully saturated rings. The molecule has 0 aliphatic carbocycles. The first-order chi connectivity index (χ1) is 6.61. The summed E-state index contributed by atoms with van der Waals surface area (Å²) in [6.07, 6.45) is 2.61. The summed E-state index contributed by atoms with van der Waals surface area (Å²) >= 11 is 0. The fourth-order valence-electron chi connectivity index (χ4n) is 1.69. The zero-order valence-corrected chi connectivity index (χ0v) is 10.6. The highest BCUT2D eigenvalue weighted by atomic mass is 15.1. The van der Waals surface area contributed by atoms with Gasteiger partial charge in [0.25, 0.3) is 0 Å². The summed E-state index contributed by atoms with van der Waals surface area (Å²) in [5, 5.41) is 3.28. The van der Waals surface area contributed by atoms with Crippen LogP contribution in [0.3, 0.4) is 0 Å². The number of unbranched alkanes of at least 4 members (excludes halogenated alkanes) is 1. The number of nitrogens with zero attached hydrogens (tertiary/aromatic N) is 1. The van der Waals surface area contributed by atoms with Crippen LogP contribution in [0.15, 0.2) is 0 Å². The molecule has 0 bridgehead atoms. The Balaban J connectivity index is 3.77. The van der Waals surface area contributed by atoms with Gasteiger partial charge in [0.15, 0.2) is 0 Å². The van der Waals surface area contributed by atoms with Crippen molar-refractivity contribution in [2.24, 2.45) is 11.8 Å². The van der Waals surface area contributed by atoms with Crippen LogP contribution < -0.4 is 5.32 Å². The lowest BCUT2D eigenvalue weighted by Gasteiger charge is -2.26. The largest absolute Gasteiger partial charge is 0.319 e. The van der Waals surface area contributed by atoms with Crippen molar-refractivity contribution in [2.75, 3.05) is 33.7 Å². The van der Waals surface area contributed by atoms with Gasteiger partial charge in [0.1, 0.15) is 0 Å². The molecule has 14 heavy (non-hydrogen) atoms. The molecule has 0 aliphatic heterocycles. The molecule has 0 saturated heterocycles. The summed E-state index contributed by atoms with van der Waals surface area (Å²) in [4.78, 5) is 2.46. The van der Waals surface area contributed by atoms with Gasteiger partial charge in [0.2, 0.25) is 0 Å². The van der Waals surface area contributed by atoms with E-state index in [0.29, 0.717) is 0 Å². The van der Waals surface area contributed by atoms with E-state index in [9.17, 15) is 0 Å². The van der Waals surface area contributed by atoms with Crippen molar-refractivity contribution >= 4 is 0 Å². The van der Waals surface area contributed by atoms with Gasteiger partial charge >= 0.3 is 0 Å². The van der Waals surface area contributed by atoms with E-state index in [1.54, 1.807) is 0 Å². The van der Waals surface area contributed by atoms with Crippen molar-refractivity contribution in [3.8, 4) is 0 Å². The number of rotatable bonds is 8. The number of hydrogen-bond donors (Lipinski definition) is 1. The molecular weight excluding hydrogens is 172 g/mol. The fraction of sp³-hybridized carbons (Fsp3) is 1.00. The second kappa shape index (κ2) is 8.25. The van der Waals surface area contributed by atoms with Gasteiger partial charge in [0.05, 0.1) is 0 Å². The van der Waals surface area contributed by atoms with E-state index < -0.39 is 0 Å². The first-order valence-electron chi connectivity index (χ1n) is 5.94. The molecule has 0 spiro atoms. The van der Waals surface area contributed by atoms with E-state index >= 15 is 0 Å². The Kier molecular flexibility index (Phi) is 8.20. The summed E-state index contributed by atoms with van der Waals surface area (Å²) < 4.78 is 0. The molecule has 1 atom stereocenters. The summed E-state index contributed by atoms with van der Waals surface area (Å²) in [7, 11) is 4.28. The van der Waals surface area contributed by atoms with Crippen LogP contribution >= 0.6 is 0 Å². The molecule has 0 aromatic heterocycles. The third-order valence-corrected chi connectivity index (χ3v) is 2.85. The minimum atomic E-state index is 0.770. The van der Waals surface area contributed by atoms with Crippen LogP contribution in [0.4, 0.5) is 0 Å². The normalized spacial score (nSPS) is 13.9. The second-order valence-corrected chi connectivity index (χ2v) is 4.68. The maximum absolute atomic E-state index is 3.28. The predicted octanol–water partition coefficient (Wildman–Crippen LogP) is 2.21. The number of nitrogens with one attached hydrogen (secondary N) is 1. The monoisotopic (exact) mass is 200 g/mol. The molecule has 86 valence electrons. The van der Waals surface area contributed by atoms with Gasteiger partial charge in [0, 0.05) is 6.54 Å². The highest BCUT2D eigenvalue weighted by Gasteiger charge is 2.14. The average Bonchev–Trinajstić information content (AvgIpc) is 2.14. The first kappa shape index (κ1) is 13.9. The molecule has 1 unspecified atom stereocenters. The van der Waals surface area contributed by atoms with Crippen molar-refractivity contribution in [2.45, 2.75) is 33.6 Å². The van der Waals surface area contributed by atoms with Crippen molar-refractivity contribution in [1.82, 2.24) is 10.2 Å². The Hall–Kier alpha value is -0.0800. The maximum Gasteiger partial charge on any atom is 0.00212 e. The third-order valence-electron chi connectivity index (χ3n) is 2.85. The van der Waals surface area contributed by atoms with Crippen LogP contribution in [0, 0.1) is 11.8 Å². The van der Waals surface area contributed by atoms with Gasteiger partial charge in [-0.1, -0.05) is 27.2 Å². The van der Waals surface area contributed by atoms with Crippen LogP contribution in [0.25, 0.3) is 0 Å². The van der Waals surface area contributed by atoms with Crippen LogP contribution in [0.1, 0.15) is 33.6 Å². The summed E-state index contributed by atoms with van der Waals surface area (Å²) in [5.41, 5.74) is 0. The van der Waals surface area contributed by atoms with Crippen LogP contribution in [-0.4, -0.2) is 38.6 Å². The molecule has 0 heterocycles. The maximum atomic E-state index is 3.28. The zero-order chi connectivity index (χ0) is 11.0. The molecule has 2 nitrogen and oxygen atoms in total. The lowest BCUT2D eigenvalue weighted by molar-refractivity contribution is 0.231. The SMILES string of the molecule is CCCCN(C)CC(CNC)C(C)C. The summed E-state index contributed by atoms with van der Waals surface area (Å²) in [6.45, 7) is 10.5. The minimum absolute atomic E-state index is 0.770. The lowest BCUT2D eigenvalue weighted by atomic mass is 9.95. The van der Waals surface area contributed by atoms with Crippen LogP contribution in [0.2, 0.25) is 0 Å². The van der Waals surface area contributed by atoms with Crippen LogP contribution in [-0.2, 0) is 0 Å². The third kappa shape index (κ3) is 6.39. The van der Waals surface area contributed by atoms with Crippen molar-refractivity contribution < 1.29 is 0 Å². The molecular formula is C12H28N2. The predicted molar refractivity (Wildman–Crippen MR) is 64.7 cm³/mol. The Labute approximate surface area is 90.1 Å². The molecule has 0 amide bonds. The molecule has 0 aromatic rings. The van der Waals surface area contributed by atoms with Crippen molar-refractivity contribution in [3.05, 3.63) is 0 Å². The molecule has 0 saturated carbocycles. The molecule has 1 N–H and O–H groups in total. The molecule has 2 heteroatoms. The van der Waals surface area contributed by atoms with Gasteiger partial charge in [-0.15, -0.1) is 0 Å². The van der Waals surface area contributed by atoms with Gasteiger partial charge in [-0.2, -0.15) is 0 Å². The quantitative estimate of drug-likeness (QED) is 0.646. The lowest BCUT2D eigenvalue weighted by Crippen LogP contribution is -2.34. The summed E-state index contributed by atoms with van der Waals surface area (Å²) in [5.74, 6) is 1.55. The van der Waals surface area contributed by atoms with Crippen molar-refractivity contribution in [3.63, 3.8) is 0 Å². The van der Waals surface area contributed by atoms with Crippen LogP contribution in [0.5, 0.6) is 0 Å². The van der Waals surface area contributed by atoms with Gasteiger partial charge in [-0.3, -0.25) is 0 Å². The first-order valence-corrected chi connectivity index (χ1v) is 5.94. The second-order valence-electron chi connectivity index (χ2n) is 4.68. The molecule has 0 rings (SSSR count). The van der Waals surface area contributed by atoms with Crippen molar-refractivity contribution in [1.29, 1.82) is 0 Å². The van der Waals surface area contributed by atoms with E-state index in [4.69, 9.17) is 0 Å². The Bertz CT molecular complexity index is 123. The average molecular weight is 200 g/mol. The standard InChI is InChI=1S/C12H28N2/c1-6-7-8-14(5)10-12(9-13-4)11(2)3/h11-13H,6-10H2,1-5H3. The zero-order valence-electron chi connectivity index (χ0n) is 10.6. The Morgan fingerprint density at radius 1 is 1.29 bits per heavy atom. The van der Waals surface area contributed by atoms with E-state index in [1.165, 1.54) is 25.9 Å². The highest BCUT2D eigenvalue weighted by Crippen LogP contribution is 2.11. The fourth-order valence-corrected chi connectivity index (χ4v) is 1.69. The van der Waals surface area contributed by atoms with E-state index in [2.05, 4.69) is 38.0 Å². The Morgan fingerprint density at radius 2 is 1.93 bits per heavy atom. The molecule has 0 aliphatic rings. The molecule has 0 radical (unpaired) electrons. The van der Waals surface area contributed by atoms with E-state index in [1.807, 2.05) is 7.05 Å². The topological polar surface area (TPSA) is 15.3 Å². The smallest absolute Gasteiger partial charge is 0.00212 e. The highest BCUT2D eigenvalue weighted by molar-refractivity contribution is 4.68. The number of hydrogen-bond acceptors (Lipinski definition) is 2. The van der Waals surface area contributed by atoms with E-state index in [-0.39, 0.29) is 0 Å².